The minimum atomic E-state index is -3.96. The molecule has 1 saturated heterocycles. The molecule has 2 aromatic rings. The molecule has 0 bridgehead atoms. The minimum Gasteiger partial charge on any atom is -0.289 e. The van der Waals surface area contributed by atoms with Crippen LogP contribution in [-0.2, 0) is 14.8 Å². The van der Waals surface area contributed by atoms with E-state index >= 15 is 0 Å². The predicted molar refractivity (Wildman–Crippen MR) is 116 cm³/mol. The lowest BCUT2D eigenvalue weighted by Crippen LogP contribution is -2.61. The van der Waals surface area contributed by atoms with Gasteiger partial charge in [0, 0.05) is 32.7 Å². The Morgan fingerprint density at radius 1 is 1.21 bits per heavy atom. The van der Waals surface area contributed by atoms with Crippen LogP contribution >= 0.6 is 35.0 Å². The van der Waals surface area contributed by atoms with Gasteiger partial charge in [-0.25, -0.2) is 13.9 Å². The second kappa shape index (κ2) is 8.45. The molecule has 0 unspecified atom stereocenters. The number of hydroxylamine groups is 1. The predicted octanol–water partition coefficient (Wildman–Crippen LogP) is 4.05. The van der Waals surface area contributed by atoms with Crippen LogP contribution in [0.15, 0.2) is 47.4 Å². The van der Waals surface area contributed by atoms with E-state index < -0.39 is 26.7 Å². The fraction of sp³-hybridized carbons (Fsp3) is 0.316. The Balaban J connectivity index is 1.97. The molecule has 1 aliphatic heterocycles. The van der Waals surface area contributed by atoms with Gasteiger partial charge < -0.3 is 0 Å². The number of rotatable bonds is 4. The summed E-state index contributed by atoms with van der Waals surface area (Å²) >= 11 is 13.6. The van der Waals surface area contributed by atoms with Crippen LogP contribution in [0.25, 0.3) is 11.1 Å². The standard InChI is InChI=1S/C19H20Cl2N2O4S2/c1-19(2)17(18(24)22-25)23(9-10-28-19)29(26,27)14-6-3-12(4-7-14)15-8-5-13(20)11-16(15)21/h3-8,11,17,25H,9-10H2,1-2H3,(H,22,24)/t17-/m0/s1. The molecule has 10 heteroatoms. The molecule has 29 heavy (non-hydrogen) atoms. The summed E-state index contributed by atoms with van der Waals surface area (Å²) in [6.45, 7) is 3.73. The zero-order chi connectivity index (χ0) is 21.4. The maximum atomic E-state index is 13.3. The van der Waals surface area contributed by atoms with Crippen LogP contribution in [0.3, 0.4) is 0 Å². The van der Waals surface area contributed by atoms with Gasteiger partial charge in [-0.3, -0.25) is 10.0 Å². The largest absolute Gasteiger partial charge is 0.289 e. The third-order valence-electron chi connectivity index (χ3n) is 4.79. The summed E-state index contributed by atoms with van der Waals surface area (Å²) in [6, 6.07) is 10.3. The number of sulfonamides is 1. The number of benzene rings is 2. The van der Waals surface area contributed by atoms with Crippen molar-refractivity contribution < 1.29 is 18.4 Å². The summed E-state index contributed by atoms with van der Waals surface area (Å²) in [4.78, 5) is 12.3. The van der Waals surface area contributed by atoms with E-state index in [0.29, 0.717) is 15.8 Å². The van der Waals surface area contributed by atoms with Crippen LogP contribution in [-0.4, -0.2) is 46.9 Å². The Bertz CT molecular complexity index is 1030. The van der Waals surface area contributed by atoms with Gasteiger partial charge in [-0.05, 0) is 43.7 Å². The highest BCUT2D eigenvalue weighted by Crippen LogP contribution is 2.38. The highest BCUT2D eigenvalue weighted by Gasteiger charge is 2.48. The first-order valence-electron chi connectivity index (χ1n) is 8.73. The summed E-state index contributed by atoms with van der Waals surface area (Å²) in [5, 5.41) is 10.1. The number of carbonyl (C=O) groups is 1. The quantitative estimate of drug-likeness (QED) is 0.515. The van der Waals surface area contributed by atoms with E-state index in [1.54, 1.807) is 49.7 Å². The van der Waals surface area contributed by atoms with Crippen LogP contribution in [0, 0.1) is 0 Å². The van der Waals surface area contributed by atoms with Crippen molar-refractivity contribution in [3.63, 3.8) is 0 Å². The molecule has 6 nitrogen and oxygen atoms in total. The first kappa shape index (κ1) is 22.4. The lowest BCUT2D eigenvalue weighted by molar-refractivity contribution is -0.134. The average molecular weight is 475 g/mol. The highest BCUT2D eigenvalue weighted by atomic mass is 35.5. The van der Waals surface area contributed by atoms with Gasteiger partial charge in [0.2, 0.25) is 10.0 Å². The van der Waals surface area contributed by atoms with Crippen LogP contribution in [0.1, 0.15) is 13.8 Å². The summed E-state index contributed by atoms with van der Waals surface area (Å²) in [5.41, 5.74) is 3.07. The maximum Gasteiger partial charge on any atom is 0.263 e. The smallest absolute Gasteiger partial charge is 0.263 e. The van der Waals surface area contributed by atoms with E-state index in [1.165, 1.54) is 23.9 Å². The summed E-state index contributed by atoms with van der Waals surface area (Å²) in [7, 11) is -3.96. The third kappa shape index (κ3) is 4.42. The first-order valence-corrected chi connectivity index (χ1v) is 11.9. The van der Waals surface area contributed by atoms with E-state index in [4.69, 9.17) is 28.4 Å². The van der Waals surface area contributed by atoms with Crippen LogP contribution in [0.5, 0.6) is 0 Å². The molecule has 2 N–H and O–H groups in total. The lowest BCUT2D eigenvalue weighted by atomic mass is 10.0. The molecule has 3 rings (SSSR count). The Hall–Kier alpha value is -1.29. The van der Waals surface area contributed by atoms with Gasteiger partial charge in [0.25, 0.3) is 5.91 Å². The summed E-state index contributed by atoms with van der Waals surface area (Å²) in [5.74, 6) is -0.213. The lowest BCUT2D eigenvalue weighted by Gasteiger charge is -2.43. The Morgan fingerprint density at radius 3 is 2.45 bits per heavy atom. The summed E-state index contributed by atoms with van der Waals surface area (Å²) in [6.07, 6.45) is 0. The van der Waals surface area contributed by atoms with Crippen molar-refractivity contribution in [3.05, 3.63) is 52.5 Å². The van der Waals surface area contributed by atoms with Crippen molar-refractivity contribution in [2.45, 2.75) is 29.5 Å². The van der Waals surface area contributed by atoms with Crippen LogP contribution < -0.4 is 5.48 Å². The van der Waals surface area contributed by atoms with Gasteiger partial charge in [0.15, 0.2) is 0 Å². The average Bonchev–Trinajstić information content (AvgIpc) is 2.66. The molecule has 1 atom stereocenters. The van der Waals surface area contributed by atoms with Crippen molar-refractivity contribution in [1.82, 2.24) is 9.79 Å². The number of halogens is 2. The van der Waals surface area contributed by atoms with Crippen LogP contribution in [0.2, 0.25) is 10.0 Å². The highest BCUT2D eigenvalue weighted by molar-refractivity contribution is 8.00. The zero-order valence-corrected chi connectivity index (χ0v) is 18.9. The van der Waals surface area contributed by atoms with Crippen LogP contribution in [0.4, 0.5) is 0 Å². The number of nitrogens with one attached hydrogen (secondary N) is 1. The van der Waals surface area contributed by atoms with Crippen molar-refractivity contribution >= 4 is 50.9 Å². The SMILES string of the molecule is CC1(C)SCCN(S(=O)(=O)c2ccc(-c3ccc(Cl)cc3Cl)cc2)[C@H]1C(=O)NO. The van der Waals surface area contributed by atoms with E-state index in [2.05, 4.69) is 0 Å². The Labute approximate surface area is 184 Å². The van der Waals surface area contributed by atoms with E-state index in [-0.39, 0.29) is 11.4 Å². The molecule has 0 aromatic heterocycles. The molecule has 2 aromatic carbocycles. The molecule has 1 aliphatic rings. The number of hydrogen-bond acceptors (Lipinski definition) is 5. The third-order valence-corrected chi connectivity index (χ3v) is 8.57. The van der Waals surface area contributed by atoms with Crippen molar-refractivity contribution in [2.24, 2.45) is 0 Å². The maximum absolute atomic E-state index is 13.3. The molecule has 0 aliphatic carbocycles. The monoisotopic (exact) mass is 474 g/mol. The zero-order valence-electron chi connectivity index (χ0n) is 15.7. The van der Waals surface area contributed by atoms with E-state index in [0.717, 1.165) is 15.4 Å². The molecular weight excluding hydrogens is 455 g/mol. The second-order valence-corrected chi connectivity index (χ2v) is 11.6. The number of nitrogens with zero attached hydrogens (tertiary/aromatic N) is 1. The normalized spacial score (nSPS) is 19.7. The molecule has 0 saturated carbocycles. The van der Waals surface area contributed by atoms with Crippen molar-refractivity contribution in [3.8, 4) is 11.1 Å². The molecule has 0 radical (unpaired) electrons. The number of carbonyl (C=O) groups excluding carboxylic acids is 1. The fourth-order valence-corrected chi connectivity index (χ4v) is 7.01. The number of amides is 1. The molecule has 1 amide bonds. The number of thioether (sulfide) groups is 1. The second-order valence-electron chi connectivity index (χ2n) is 7.09. The molecule has 156 valence electrons. The van der Waals surface area contributed by atoms with Crippen molar-refractivity contribution in [2.75, 3.05) is 12.3 Å². The van der Waals surface area contributed by atoms with E-state index in [1.807, 2.05) is 0 Å². The summed E-state index contributed by atoms with van der Waals surface area (Å²) < 4.78 is 27.0. The van der Waals surface area contributed by atoms with Gasteiger partial charge in [-0.2, -0.15) is 16.1 Å². The molecular formula is C19H20Cl2N2O4S2. The number of hydrogen-bond donors (Lipinski definition) is 2. The molecule has 1 fully saturated rings. The van der Waals surface area contributed by atoms with Gasteiger partial charge in [0.05, 0.1) is 4.90 Å². The minimum absolute atomic E-state index is 0.0600. The Morgan fingerprint density at radius 2 is 1.86 bits per heavy atom. The van der Waals surface area contributed by atoms with Gasteiger partial charge in [0.1, 0.15) is 6.04 Å². The fourth-order valence-electron chi connectivity index (χ4n) is 3.39. The molecule has 1 heterocycles. The van der Waals surface area contributed by atoms with Gasteiger partial charge >= 0.3 is 0 Å². The topological polar surface area (TPSA) is 86.7 Å². The van der Waals surface area contributed by atoms with Crippen molar-refractivity contribution in [1.29, 1.82) is 0 Å². The van der Waals surface area contributed by atoms with Gasteiger partial charge in [-0.1, -0.05) is 41.4 Å². The first-order chi connectivity index (χ1) is 13.6. The Kier molecular flexibility index (Phi) is 6.53. The van der Waals surface area contributed by atoms with Gasteiger partial charge in [-0.15, -0.1) is 0 Å². The van der Waals surface area contributed by atoms with E-state index in [9.17, 15) is 13.2 Å². The molecule has 0 spiro atoms.